The Kier molecular flexibility index (Phi) is 4.07. The summed E-state index contributed by atoms with van der Waals surface area (Å²) in [7, 11) is 0. The summed E-state index contributed by atoms with van der Waals surface area (Å²) in [6, 6.07) is 12.8. The van der Waals surface area contributed by atoms with Gasteiger partial charge in [-0.1, -0.05) is 25.1 Å². The van der Waals surface area contributed by atoms with E-state index in [4.69, 9.17) is 4.74 Å². The van der Waals surface area contributed by atoms with Crippen LogP contribution in [0.5, 0.6) is 5.75 Å². The Labute approximate surface area is 120 Å². The second-order valence-electron chi connectivity index (χ2n) is 5.30. The first-order valence-corrected chi connectivity index (χ1v) is 7.45. The average molecular weight is 270 g/mol. The first-order chi connectivity index (χ1) is 9.88. The van der Waals surface area contributed by atoms with Gasteiger partial charge in [0.25, 0.3) is 0 Å². The Morgan fingerprint density at radius 2 is 2.15 bits per heavy atom. The molecule has 1 unspecified atom stereocenters. The van der Waals surface area contributed by atoms with Gasteiger partial charge < -0.3 is 14.6 Å². The molecule has 0 aliphatic carbocycles. The third kappa shape index (κ3) is 2.73. The van der Waals surface area contributed by atoms with Gasteiger partial charge in [-0.05, 0) is 36.7 Å². The van der Waals surface area contributed by atoms with Crippen LogP contribution in [0.2, 0.25) is 0 Å². The van der Waals surface area contributed by atoms with E-state index in [-0.39, 0.29) is 0 Å². The zero-order chi connectivity index (χ0) is 13.8. The summed E-state index contributed by atoms with van der Waals surface area (Å²) >= 11 is 0. The molecule has 0 spiro atoms. The van der Waals surface area contributed by atoms with Gasteiger partial charge in [-0.15, -0.1) is 0 Å². The van der Waals surface area contributed by atoms with Gasteiger partial charge in [-0.3, -0.25) is 0 Å². The fourth-order valence-electron chi connectivity index (χ4n) is 2.88. The van der Waals surface area contributed by atoms with Crippen molar-refractivity contribution in [1.29, 1.82) is 0 Å². The van der Waals surface area contributed by atoms with Crippen LogP contribution < -0.4 is 10.1 Å². The van der Waals surface area contributed by atoms with E-state index in [0.717, 1.165) is 38.4 Å². The van der Waals surface area contributed by atoms with Gasteiger partial charge in [-0.2, -0.15) is 0 Å². The topological polar surface area (TPSA) is 26.2 Å². The van der Waals surface area contributed by atoms with Crippen LogP contribution in [0, 0.1) is 0 Å². The summed E-state index contributed by atoms with van der Waals surface area (Å²) in [5.41, 5.74) is 2.71. The summed E-state index contributed by atoms with van der Waals surface area (Å²) < 4.78 is 8.12. The number of nitrogens with zero attached hydrogens (tertiary/aromatic N) is 1. The van der Waals surface area contributed by atoms with Crippen LogP contribution in [0.25, 0.3) is 0 Å². The lowest BCUT2D eigenvalue weighted by atomic mass is 9.93. The number of aromatic nitrogens is 1. The highest BCUT2D eigenvalue weighted by Crippen LogP contribution is 2.34. The number of rotatable bonds is 5. The molecule has 0 saturated carbocycles. The highest BCUT2D eigenvalue weighted by Gasteiger charge is 2.21. The summed E-state index contributed by atoms with van der Waals surface area (Å²) in [6.07, 6.45) is 3.28. The molecule has 106 valence electrons. The molecule has 0 radical (unpaired) electrons. The van der Waals surface area contributed by atoms with Crippen molar-refractivity contribution in [3.8, 4) is 5.75 Å². The minimum absolute atomic E-state index is 0.549. The molecule has 0 bridgehead atoms. The molecule has 1 atom stereocenters. The number of hydrogen-bond donors (Lipinski definition) is 1. The Bertz CT molecular complexity index is 562. The molecule has 3 rings (SSSR count). The molecule has 1 N–H and O–H groups in total. The largest absolute Gasteiger partial charge is 0.493 e. The van der Waals surface area contributed by atoms with Gasteiger partial charge in [0.1, 0.15) is 5.75 Å². The molecule has 0 saturated heterocycles. The monoisotopic (exact) mass is 270 g/mol. The van der Waals surface area contributed by atoms with Crippen LogP contribution in [0.3, 0.4) is 0 Å². The van der Waals surface area contributed by atoms with E-state index in [9.17, 15) is 0 Å². The van der Waals surface area contributed by atoms with E-state index >= 15 is 0 Å². The standard InChI is InChI=1S/C17H22N2O/c1-2-18-12-15-6-5-10-19(15)13-14-9-11-20-17-8-4-3-7-16(14)17/h3-8,10,14,18H,2,9,11-13H2,1H3. The summed E-state index contributed by atoms with van der Waals surface area (Å²) in [5, 5.41) is 3.40. The van der Waals surface area contributed by atoms with E-state index in [1.54, 1.807) is 0 Å². The van der Waals surface area contributed by atoms with Crippen molar-refractivity contribution in [3.63, 3.8) is 0 Å². The third-order valence-corrected chi connectivity index (χ3v) is 3.98. The lowest BCUT2D eigenvalue weighted by Gasteiger charge is -2.27. The molecule has 20 heavy (non-hydrogen) atoms. The second-order valence-corrected chi connectivity index (χ2v) is 5.30. The molecule has 1 aromatic carbocycles. The highest BCUT2D eigenvalue weighted by atomic mass is 16.5. The third-order valence-electron chi connectivity index (χ3n) is 3.98. The first kappa shape index (κ1) is 13.3. The number of benzene rings is 1. The Morgan fingerprint density at radius 3 is 3.05 bits per heavy atom. The molecule has 3 nitrogen and oxygen atoms in total. The molecular formula is C17H22N2O. The molecule has 0 fully saturated rings. The fraction of sp³-hybridized carbons (Fsp3) is 0.412. The molecular weight excluding hydrogens is 248 g/mol. The van der Waals surface area contributed by atoms with Crippen molar-refractivity contribution in [1.82, 2.24) is 9.88 Å². The second kappa shape index (κ2) is 6.14. The van der Waals surface area contributed by atoms with Crippen LogP contribution in [0.4, 0.5) is 0 Å². The predicted octanol–water partition coefficient (Wildman–Crippen LogP) is 3.16. The van der Waals surface area contributed by atoms with Gasteiger partial charge in [0.2, 0.25) is 0 Å². The van der Waals surface area contributed by atoms with Crippen molar-refractivity contribution >= 4 is 0 Å². The number of fused-ring (bicyclic) bond motifs is 1. The van der Waals surface area contributed by atoms with Crippen molar-refractivity contribution in [2.45, 2.75) is 32.4 Å². The Hall–Kier alpha value is -1.74. The van der Waals surface area contributed by atoms with Crippen molar-refractivity contribution in [2.24, 2.45) is 0 Å². The van der Waals surface area contributed by atoms with Crippen LogP contribution in [-0.2, 0) is 13.1 Å². The van der Waals surface area contributed by atoms with Crippen molar-refractivity contribution in [2.75, 3.05) is 13.2 Å². The Balaban J connectivity index is 1.77. The van der Waals surface area contributed by atoms with Crippen LogP contribution >= 0.6 is 0 Å². The van der Waals surface area contributed by atoms with Gasteiger partial charge >= 0.3 is 0 Å². The lowest BCUT2D eigenvalue weighted by molar-refractivity contribution is 0.258. The zero-order valence-electron chi connectivity index (χ0n) is 12.0. The first-order valence-electron chi connectivity index (χ1n) is 7.45. The predicted molar refractivity (Wildman–Crippen MR) is 81.1 cm³/mol. The maximum Gasteiger partial charge on any atom is 0.122 e. The van der Waals surface area contributed by atoms with Crippen LogP contribution in [-0.4, -0.2) is 17.7 Å². The number of nitrogens with one attached hydrogen (secondary N) is 1. The molecule has 2 heterocycles. The van der Waals surface area contributed by atoms with Gasteiger partial charge in [-0.25, -0.2) is 0 Å². The number of ether oxygens (including phenoxy) is 1. The van der Waals surface area contributed by atoms with Crippen LogP contribution in [0.15, 0.2) is 42.6 Å². The summed E-state index contributed by atoms with van der Waals surface area (Å²) in [5.74, 6) is 1.61. The highest BCUT2D eigenvalue weighted by molar-refractivity contribution is 5.37. The zero-order valence-corrected chi connectivity index (χ0v) is 12.0. The molecule has 3 heteroatoms. The van der Waals surface area contributed by atoms with Crippen molar-refractivity contribution < 1.29 is 4.74 Å². The maximum absolute atomic E-state index is 5.75. The van der Waals surface area contributed by atoms with E-state index in [1.165, 1.54) is 11.3 Å². The van der Waals surface area contributed by atoms with Gasteiger partial charge in [0, 0.05) is 30.9 Å². The molecule has 1 aliphatic heterocycles. The van der Waals surface area contributed by atoms with E-state index in [1.807, 2.05) is 6.07 Å². The summed E-state index contributed by atoms with van der Waals surface area (Å²) in [6.45, 7) is 5.95. The normalized spacial score (nSPS) is 17.6. The van der Waals surface area contributed by atoms with Crippen molar-refractivity contribution in [3.05, 3.63) is 53.9 Å². The Morgan fingerprint density at radius 1 is 1.25 bits per heavy atom. The molecule has 1 aromatic heterocycles. The van der Waals surface area contributed by atoms with Crippen LogP contribution in [0.1, 0.15) is 30.5 Å². The minimum atomic E-state index is 0.549. The average Bonchev–Trinajstić information content (AvgIpc) is 2.93. The minimum Gasteiger partial charge on any atom is -0.493 e. The van der Waals surface area contributed by atoms with Gasteiger partial charge in [0.15, 0.2) is 0 Å². The van der Waals surface area contributed by atoms with E-state index in [0.29, 0.717) is 5.92 Å². The molecule has 0 amide bonds. The van der Waals surface area contributed by atoms with E-state index in [2.05, 4.69) is 53.3 Å². The SMILES string of the molecule is CCNCc1cccn1CC1CCOc2ccccc21. The summed E-state index contributed by atoms with van der Waals surface area (Å²) in [4.78, 5) is 0. The molecule has 1 aliphatic rings. The quantitative estimate of drug-likeness (QED) is 0.903. The number of para-hydroxylation sites is 1. The van der Waals surface area contributed by atoms with Gasteiger partial charge in [0.05, 0.1) is 6.61 Å². The lowest BCUT2D eigenvalue weighted by Crippen LogP contribution is -2.21. The maximum atomic E-state index is 5.75. The number of hydrogen-bond acceptors (Lipinski definition) is 2. The smallest absolute Gasteiger partial charge is 0.122 e. The fourth-order valence-corrected chi connectivity index (χ4v) is 2.88. The van der Waals surface area contributed by atoms with E-state index < -0.39 is 0 Å². The molecule has 2 aromatic rings.